The number of fused-ring (bicyclic) bond motifs is 1. The molecule has 4 aromatic rings. The number of carbonyl (C=O) groups excluding carboxylic acids is 2. The molecule has 210 valence electrons. The first-order valence-electron chi connectivity index (χ1n) is 12.9. The second kappa shape index (κ2) is 11.7. The fraction of sp³-hybridized carbons (Fsp3) is 0.300. The van der Waals surface area contributed by atoms with Crippen molar-refractivity contribution in [3.63, 3.8) is 0 Å². The second-order valence-corrected chi connectivity index (χ2v) is 11.8. The molecule has 10 heteroatoms. The number of amides is 2. The number of benzene rings is 2. The minimum Gasteiger partial charge on any atom is -0.322 e. The fourth-order valence-corrected chi connectivity index (χ4v) is 4.78. The number of hydrogen-bond donors (Lipinski definition) is 3. The minimum atomic E-state index is -1.20. The third-order valence-corrected chi connectivity index (χ3v) is 7.98. The largest absolute Gasteiger partial charge is 0.322 e. The highest BCUT2D eigenvalue weighted by molar-refractivity contribution is 7.14. The summed E-state index contributed by atoms with van der Waals surface area (Å²) in [6.45, 7) is 14.1. The first-order chi connectivity index (χ1) is 18.9. The smallest absolute Gasteiger partial charge is 0.268 e. The maximum Gasteiger partial charge on any atom is 0.268 e. The van der Waals surface area contributed by atoms with Crippen molar-refractivity contribution in [1.29, 1.82) is 0 Å². The Hall–Kier alpha value is -3.89. The van der Waals surface area contributed by atoms with Gasteiger partial charge >= 0.3 is 0 Å². The van der Waals surface area contributed by atoms with Crippen molar-refractivity contribution in [2.24, 2.45) is 5.41 Å². The molecule has 2 aromatic heterocycles. The van der Waals surface area contributed by atoms with Gasteiger partial charge in [0.05, 0.1) is 21.6 Å². The summed E-state index contributed by atoms with van der Waals surface area (Å²) in [5, 5.41) is 8.92. The zero-order valence-corrected chi connectivity index (χ0v) is 24.0. The van der Waals surface area contributed by atoms with Crippen molar-refractivity contribution in [3.8, 4) is 5.69 Å². The Balaban J connectivity index is 1.77. The van der Waals surface area contributed by atoms with Crippen molar-refractivity contribution in [3.05, 3.63) is 82.3 Å². The lowest BCUT2D eigenvalue weighted by molar-refractivity contribution is -0.111. The van der Waals surface area contributed by atoms with Gasteiger partial charge in [-0.2, -0.15) is 0 Å². The molecule has 0 saturated heterocycles. The average Bonchev–Trinajstić information content (AvgIpc) is 3.53. The number of thiophene rings is 1. The van der Waals surface area contributed by atoms with Crippen molar-refractivity contribution >= 4 is 45.8 Å². The monoisotopic (exact) mass is 565 g/mol. The van der Waals surface area contributed by atoms with E-state index in [0.717, 1.165) is 23.0 Å². The molecule has 0 spiro atoms. The van der Waals surface area contributed by atoms with E-state index < -0.39 is 23.8 Å². The van der Waals surface area contributed by atoms with Crippen molar-refractivity contribution < 1.29 is 18.4 Å². The van der Waals surface area contributed by atoms with Gasteiger partial charge in [-0.15, -0.1) is 11.3 Å². The fourth-order valence-electron chi connectivity index (χ4n) is 3.95. The molecule has 0 fully saturated rings. The summed E-state index contributed by atoms with van der Waals surface area (Å²) < 4.78 is 30.5. The molecular formula is C30H33F2N5O2S. The molecule has 2 atom stereocenters. The van der Waals surface area contributed by atoms with Crippen molar-refractivity contribution in [1.82, 2.24) is 14.9 Å². The van der Waals surface area contributed by atoms with E-state index in [-0.39, 0.29) is 23.1 Å². The summed E-state index contributed by atoms with van der Waals surface area (Å²) in [4.78, 5) is 30.4. The molecule has 7 nitrogen and oxygen atoms in total. The number of anilines is 2. The molecule has 0 aliphatic carbocycles. The normalized spacial score (nSPS) is 13.2. The molecule has 0 radical (unpaired) electrons. The van der Waals surface area contributed by atoms with E-state index in [1.54, 1.807) is 12.1 Å². The molecule has 0 aliphatic heterocycles. The van der Waals surface area contributed by atoms with Crippen LogP contribution in [0.15, 0.2) is 61.2 Å². The number of rotatable bonds is 9. The van der Waals surface area contributed by atoms with E-state index in [9.17, 15) is 14.0 Å². The van der Waals surface area contributed by atoms with Crippen LogP contribution in [0.2, 0.25) is 0 Å². The van der Waals surface area contributed by atoms with Crippen LogP contribution in [0.4, 0.5) is 20.4 Å². The Morgan fingerprint density at radius 2 is 1.85 bits per heavy atom. The van der Waals surface area contributed by atoms with Gasteiger partial charge < -0.3 is 10.6 Å². The van der Waals surface area contributed by atoms with Crippen molar-refractivity contribution in [2.45, 2.75) is 53.4 Å². The van der Waals surface area contributed by atoms with Crippen LogP contribution < -0.4 is 16.0 Å². The summed E-state index contributed by atoms with van der Waals surface area (Å²) in [5.41, 5.74) is 2.57. The molecule has 4 rings (SSSR count). The summed E-state index contributed by atoms with van der Waals surface area (Å²) in [7, 11) is 0. The number of nitrogens with one attached hydrogen (secondary N) is 3. The quantitative estimate of drug-likeness (QED) is 0.188. The molecule has 0 bridgehead atoms. The summed E-state index contributed by atoms with van der Waals surface area (Å²) >= 11 is 1.04. The SMILES string of the molecule is C=CC(=O)Nc1ccc(F)c(-n2c(NC(=O)c3ccc(C(C)F)s3)nc3cc(CN[C@@H](C)C(C)(C)C)ccc32)c1. The van der Waals surface area contributed by atoms with E-state index in [1.165, 1.54) is 29.7 Å². The maximum atomic E-state index is 15.3. The van der Waals surface area contributed by atoms with Gasteiger partial charge in [0.25, 0.3) is 5.91 Å². The molecule has 2 heterocycles. The van der Waals surface area contributed by atoms with E-state index in [4.69, 9.17) is 0 Å². The summed E-state index contributed by atoms with van der Waals surface area (Å²) in [6, 6.07) is 13.1. The topological polar surface area (TPSA) is 88.1 Å². The van der Waals surface area contributed by atoms with E-state index in [2.05, 4.69) is 55.2 Å². The predicted molar refractivity (Wildman–Crippen MR) is 157 cm³/mol. The zero-order chi connectivity index (χ0) is 29.2. The molecule has 2 amide bonds. The lowest BCUT2D eigenvalue weighted by Gasteiger charge is -2.28. The number of carbonyl (C=O) groups is 2. The Morgan fingerprint density at radius 3 is 2.50 bits per heavy atom. The number of aromatic nitrogens is 2. The summed E-state index contributed by atoms with van der Waals surface area (Å²) in [5.74, 6) is -1.44. The Labute approximate surface area is 236 Å². The van der Waals surface area contributed by atoms with Crippen LogP contribution in [0.25, 0.3) is 16.7 Å². The number of imidazole rings is 1. The highest BCUT2D eigenvalue weighted by atomic mass is 32.1. The molecule has 3 N–H and O–H groups in total. The van der Waals surface area contributed by atoms with Gasteiger partial charge in [0.2, 0.25) is 11.9 Å². The molecule has 2 aromatic carbocycles. The van der Waals surface area contributed by atoms with Crippen LogP contribution in [0.1, 0.15) is 60.9 Å². The van der Waals surface area contributed by atoms with Crippen molar-refractivity contribution in [2.75, 3.05) is 10.6 Å². The minimum absolute atomic E-state index is 0.0777. The Morgan fingerprint density at radius 1 is 1.10 bits per heavy atom. The van der Waals surface area contributed by atoms with Gasteiger partial charge in [0.15, 0.2) is 0 Å². The van der Waals surface area contributed by atoms with Crippen LogP contribution >= 0.6 is 11.3 Å². The van der Waals surface area contributed by atoms with Gasteiger partial charge in [0, 0.05) is 23.2 Å². The molecule has 1 unspecified atom stereocenters. The lowest BCUT2D eigenvalue weighted by Crippen LogP contribution is -2.37. The Kier molecular flexibility index (Phi) is 8.51. The molecular weight excluding hydrogens is 532 g/mol. The summed E-state index contributed by atoms with van der Waals surface area (Å²) in [6.07, 6.45) is -0.0861. The highest BCUT2D eigenvalue weighted by Gasteiger charge is 2.22. The number of alkyl halides is 1. The first kappa shape index (κ1) is 29.1. The third kappa shape index (κ3) is 6.46. The average molecular weight is 566 g/mol. The molecule has 0 saturated carbocycles. The van der Waals surface area contributed by atoms with Crippen LogP contribution in [-0.4, -0.2) is 27.4 Å². The first-order valence-corrected chi connectivity index (χ1v) is 13.7. The lowest BCUT2D eigenvalue weighted by atomic mass is 9.88. The zero-order valence-electron chi connectivity index (χ0n) is 23.1. The van der Waals surface area contributed by atoms with Gasteiger partial charge in [-0.05, 0) is 73.4 Å². The second-order valence-electron chi connectivity index (χ2n) is 10.7. The van der Waals surface area contributed by atoms with E-state index in [1.807, 2.05) is 18.2 Å². The number of nitrogens with zero attached hydrogens (tertiary/aromatic N) is 2. The number of hydrogen-bond acceptors (Lipinski definition) is 5. The predicted octanol–water partition coefficient (Wildman–Crippen LogP) is 7.16. The van der Waals surface area contributed by atoms with E-state index >= 15 is 4.39 Å². The molecule has 0 aliphatic rings. The van der Waals surface area contributed by atoms with Crippen LogP contribution in [-0.2, 0) is 11.3 Å². The molecule has 40 heavy (non-hydrogen) atoms. The van der Waals surface area contributed by atoms with Crippen LogP contribution in [0.3, 0.4) is 0 Å². The van der Waals surface area contributed by atoms with Gasteiger partial charge in [-0.25, -0.2) is 13.8 Å². The van der Waals surface area contributed by atoms with E-state index in [0.29, 0.717) is 33.0 Å². The third-order valence-electron chi connectivity index (χ3n) is 6.74. The highest BCUT2D eigenvalue weighted by Crippen LogP contribution is 2.31. The van der Waals surface area contributed by atoms with Gasteiger partial charge in [-0.3, -0.25) is 19.5 Å². The Bertz CT molecular complexity index is 1570. The number of halogens is 2. The van der Waals surface area contributed by atoms with Gasteiger partial charge in [-0.1, -0.05) is 33.4 Å². The standard InChI is InChI=1S/C30H33F2N5O2S/c1-7-27(38)34-20-9-10-21(32)24(15-20)37-23-11-8-19(16-33-18(3)30(4,5)6)14-22(23)35-29(37)36-28(39)26-13-12-25(40-26)17(2)31/h7-15,17-18,33H,1,16H2,2-6H3,(H,34,38)(H,35,36,39)/t17?,18-/m0/s1. The van der Waals surface area contributed by atoms with Gasteiger partial charge in [0.1, 0.15) is 12.0 Å². The maximum absolute atomic E-state index is 15.3. The van der Waals surface area contributed by atoms with Crippen LogP contribution in [0, 0.1) is 11.2 Å². The van der Waals surface area contributed by atoms with Crippen LogP contribution in [0.5, 0.6) is 0 Å².